The molecule has 2 unspecified atom stereocenters. The average Bonchev–Trinajstić information content (AvgIpc) is 2.89. The Balaban J connectivity index is 1.36. The predicted molar refractivity (Wildman–Crippen MR) is 80.9 cm³/mol. The van der Waals surface area contributed by atoms with Crippen molar-refractivity contribution in [2.45, 2.75) is 69.9 Å². The number of hydrogen-bond acceptors (Lipinski definition) is 3. The van der Waals surface area contributed by atoms with Crippen LogP contribution in [0.3, 0.4) is 0 Å². The van der Waals surface area contributed by atoms with Gasteiger partial charge in [0.1, 0.15) is 0 Å². The summed E-state index contributed by atoms with van der Waals surface area (Å²) in [5.74, 6) is 1.94. The van der Waals surface area contributed by atoms with Crippen molar-refractivity contribution in [2.24, 2.45) is 11.8 Å². The maximum Gasteiger partial charge on any atom is 0.0951 e. The van der Waals surface area contributed by atoms with Gasteiger partial charge in [0.2, 0.25) is 0 Å². The minimum Gasteiger partial charge on any atom is -0.378 e. The van der Waals surface area contributed by atoms with Gasteiger partial charge in [-0.3, -0.25) is 0 Å². The van der Waals surface area contributed by atoms with Crippen LogP contribution < -0.4 is 5.32 Å². The Morgan fingerprint density at radius 1 is 1.10 bits per heavy atom. The monoisotopic (exact) mass is 281 g/mol. The quantitative estimate of drug-likeness (QED) is 0.859. The van der Waals surface area contributed by atoms with Crippen LogP contribution in [0.25, 0.3) is 0 Å². The molecule has 0 aromatic carbocycles. The first-order valence-corrected chi connectivity index (χ1v) is 8.71. The lowest BCUT2D eigenvalue weighted by Crippen LogP contribution is -2.47. The van der Waals surface area contributed by atoms with Crippen LogP contribution in [0.2, 0.25) is 0 Å². The molecule has 1 spiro atoms. The SMILES string of the molecule is CC1CCC(CCNC2CCOC3(CCOC3)C2)CC1. The third-order valence-electron chi connectivity index (χ3n) is 5.68. The van der Waals surface area contributed by atoms with Gasteiger partial charge in [-0.2, -0.15) is 0 Å². The molecule has 3 heteroatoms. The average molecular weight is 281 g/mol. The van der Waals surface area contributed by atoms with E-state index in [0.29, 0.717) is 6.04 Å². The summed E-state index contributed by atoms with van der Waals surface area (Å²) in [4.78, 5) is 0. The molecular weight excluding hydrogens is 250 g/mol. The Morgan fingerprint density at radius 3 is 2.70 bits per heavy atom. The zero-order valence-electron chi connectivity index (χ0n) is 13.0. The Kier molecular flexibility index (Phi) is 5.00. The molecular formula is C17H31NO2. The molecule has 20 heavy (non-hydrogen) atoms. The van der Waals surface area contributed by atoms with Gasteiger partial charge in [-0.05, 0) is 37.6 Å². The Labute approximate surface area is 123 Å². The lowest BCUT2D eigenvalue weighted by molar-refractivity contribution is -0.0893. The first kappa shape index (κ1) is 14.8. The lowest BCUT2D eigenvalue weighted by Gasteiger charge is -2.37. The van der Waals surface area contributed by atoms with Gasteiger partial charge in [-0.25, -0.2) is 0 Å². The summed E-state index contributed by atoms with van der Waals surface area (Å²) in [7, 11) is 0. The van der Waals surface area contributed by atoms with Gasteiger partial charge in [-0.15, -0.1) is 0 Å². The normalized spacial score (nSPS) is 42.1. The van der Waals surface area contributed by atoms with E-state index >= 15 is 0 Å². The van der Waals surface area contributed by atoms with E-state index in [9.17, 15) is 0 Å². The molecule has 3 aliphatic rings. The van der Waals surface area contributed by atoms with E-state index in [1.807, 2.05) is 0 Å². The molecule has 2 heterocycles. The topological polar surface area (TPSA) is 30.5 Å². The van der Waals surface area contributed by atoms with Crippen molar-refractivity contribution in [3.8, 4) is 0 Å². The summed E-state index contributed by atoms with van der Waals surface area (Å²) < 4.78 is 11.5. The second-order valence-corrected chi connectivity index (χ2v) is 7.39. The van der Waals surface area contributed by atoms with Crippen molar-refractivity contribution in [3.63, 3.8) is 0 Å². The molecule has 0 aromatic rings. The molecule has 3 fully saturated rings. The third kappa shape index (κ3) is 3.75. The van der Waals surface area contributed by atoms with E-state index in [4.69, 9.17) is 9.47 Å². The number of rotatable bonds is 4. The van der Waals surface area contributed by atoms with Crippen molar-refractivity contribution < 1.29 is 9.47 Å². The summed E-state index contributed by atoms with van der Waals surface area (Å²) in [6.07, 6.45) is 10.6. The van der Waals surface area contributed by atoms with Gasteiger partial charge in [0.25, 0.3) is 0 Å². The standard InChI is InChI=1S/C17H31NO2/c1-14-2-4-15(5-3-14)6-9-18-16-7-10-20-17(12-16)8-11-19-13-17/h14-16,18H,2-13H2,1H3. The summed E-state index contributed by atoms with van der Waals surface area (Å²) in [5, 5.41) is 3.80. The van der Waals surface area contributed by atoms with Gasteiger partial charge < -0.3 is 14.8 Å². The van der Waals surface area contributed by atoms with Crippen LogP contribution in [-0.2, 0) is 9.47 Å². The molecule has 0 bridgehead atoms. The molecule has 1 N–H and O–H groups in total. The fourth-order valence-corrected chi connectivity index (χ4v) is 4.17. The second-order valence-electron chi connectivity index (χ2n) is 7.39. The summed E-state index contributed by atoms with van der Waals surface area (Å²) >= 11 is 0. The summed E-state index contributed by atoms with van der Waals surface area (Å²) in [6, 6.07) is 0.646. The van der Waals surface area contributed by atoms with Crippen molar-refractivity contribution in [1.82, 2.24) is 5.32 Å². The fourth-order valence-electron chi connectivity index (χ4n) is 4.17. The zero-order chi connectivity index (χ0) is 13.8. The Hall–Kier alpha value is -0.120. The minimum absolute atomic E-state index is 0.0518. The first-order valence-electron chi connectivity index (χ1n) is 8.71. The van der Waals surface area contributed by atoms with Crippen LogP contribution >= 0.6 is 0 Å². The summed E-state index contributed by atoms with van der Waals surface area (Å²) in [5.41, 5.74) is 0.0518. The van der Waals surface area contributed by atoms with Crippen LogP contribution in [0, 0.1) is 11.8 Å². The maximum atomic E-state index is 6.00. The third-order valence-corrected chi connectivity index (χ3v) is 5.68. The molecule has 2 saturated heterocycles. The van der Waals surface area contributed by atoms with Crippen LogP contribution in [0.1, 0.15) is 58.3 Å². The van der Waals surface area contributed by atoms with Crippen molar-refractivity contribution >= 4 is 0 Å². The highest BCUT2D eigenvalue weighted by atomic mass is 16.6. The molecule has 2 aliphatic heterocycles. The summed E-state index contributed by atoms with van der Waals surface area (Å²) in [6.45, 7) is 6.20. The molecule has 2 atom stereocenters. The maximum absolute atomic E-state index is 6.00. The largest absolute Gasteiger partial charge is 0.378 e. The van der Waals surface area contributed by atoms with Gasteiger partial charge in [0.15, 0.2) is 0 Å². The van der Waals surface area contributed by atoms with E-state index in [2.05, 4.69) is 12.2 Å². The predicted octanol–water partition coefficient (Wildman–Crippen LogP) is 3.13. The number of ether oxygens (including phenoxy) is 2. The van der Waals surface area contributed by atoms with E-state index < -0.39 is 0 Å². The molecule has 0 amide bonds. The molecule has 3 nitrogen and oxygen atoms in total. The molecule has 1 saturated carbocycles. The molecule has 1 aliphatic carbocycles. The van der Waals surface area contributed by atoms with E-state index in [1.54, 1.807) is 0 Å². The van der Waals surface area contributed by atoms with Crippen LogP contribution in [-0.4, -0.2) is 38.0 Å². The lowest BCUT2D eigenvalue weighted by atomic mass is 9.81. The molecule has 0 radical (unpaired) electrons. The molecule has 116 valence electrons. The highest BCUT2D eigenvalue weighted by Gasteiger charge is 2.40. The highest BCUT2D eigenvalue weighted by molar-refractivity contribution is 4.92. The van der Waals surface area contributed by atoms with E-state index in [0.717, 1.165) is 44.5 Å². The Morgan fingerprint density at radius 2 is 1.95 bits per heavy atom. The molecule has 0 aromatic heterocycles. The van der Waals surface area contributed by atoms with E-state index in [1.165, 1.54) is 45.1 Å². The number of nitrogens with one attached hydrogen (secondary N) is 1. The first-order chi connectivity index (χ1) is 9.76. The van der Waals surface area contributed by atoms with Crippen molar-refractivity contribution in [1.29, 1.82) is 0 Å². The van der Waals surface area contributed by atoms with Crippen molar-refractivity contribution in [3.05, 3.63) is 0 Å². The molecule has 3 rings (SSSR count). The fraction of sp³-hybridized carbons (Fsp3) is 1.00. The van der Waals surface area contributed by atoms with Crippen molar-refractivity contribution in [2.75, 3.05) is 26.4 Å². The van der Waals surface area contributed by atoms with Gasteiger partial charge in [-0.1, -0.05) is 32.6 Å². The number of hydrogen-bond donors (Lipinski definition) is 1. The van der Waals surface area contributed by atoms with E-state index in [-0.39, 0.29) is 5.60 Å². The van der Waals surface area contributed by atoms with Crippen LogP contribution in [0.15, 0.2) is 0 Å². The van der Waals surface area contributed by atoms with Crippen LogP contribution in [0.5, 0.6) is 0 Å². The minimum atomic E-state index is 0.0518. The van der Waals surface area contributed by atoms with Gasteiger partial charge in [0.05, 0.1) is 12.2 Å². The zero-order valence-corrected chi connectivity index (χ0v) is 13.0. The van der Waals surface area contributed by atoms with Gasteiger partial charge >= 0.3 is 0 Å². The van der Waals surface area contributed by atoms with Crippen LogP contribution in [0.4, 0.5) is 0 Å². The highest BCUT2D eigenvalue weighted by Crippen LogP contribution is 2.33. The Bertz CT molecular complexity index is 293. The second kappa shape index (κ2) is 6.76. The smallest absolute Gasteiger partial charge is 0.0951 e. The van der Waals surface area contributed by atoms with Gasteiger partial charge in [0, 0.05) is 25.7 Å².